The van der Waals surface area contributed by atoms with Crippen LogP contribution in [0.4, 0.5) is 0 Å². The maximum Gasteiger partial charge on any atom is 0.170 e. The fourth-order valence-corrected chi connectivity index (χ4v) is 1.61. The Morgan fingerprint density at radius 3 is 2.32 bits per heavy atom. The van der Waals surface area contributed by atoms with Gasteiger partial charge in [0.15, 0.2) is 5.78 Å². The van der Waals surface area contributed by atoms with Crippen molar-refractivity contribution in [1.82, 2.24) is 0 Å². The first kappa shape index (κ1) is 15.1. The molecule has 0 aromatic heterocycles. The summed E-state index contributed by atoms with van der Waals surface area (Å²) >= 11 is 0. The Labute approximate surface area is 113 Å². The number of carbonyl (C=O) groups excluding carboxylic acids is 1. The molecule has 0 bridgehead atoms. The lowest BCUT2D eigenvalue weighted by Gasteiger charge is -2.09. The number of aromatic hydroxyl groups is 2. The molecule has 4 nitrogen and oxygen atoms in total. The zero-order valence-corrected chi connectivity index (χ0v) is 11.6. The molecule has 4 heteroatoms. The summed E-state index contributed by atoms with van der Waals surface area (Å²) in [5.74, 6) is -0.426. The third-order valence-electron chi connectivity index (χ3n) is 2.57. The molecule has 0 aliphatic heterocycles. The van der Waals surface area contributed by atoms with Gasteiger partial charge in [0.2, 0.25) is 0 Å². The van der Waals surface area contributed by atoms with Crippen molar-refractivity contribution >= 4 is 5.78 Å². The molecular weight excluding hydrogens is 244 g/mol. The van der Waals surface area contributed by atoms with Crippen molar-refractivity contribution in [1.29, 1.82) is 0 Å². The minimum absolute atomic E-state index is 0.0311. The molecule has 0 unspecified atom stereocenters. The van der Waals surface area contributed by atoms with Gasteiger partial charge in [-0.3, -0.25) is 4.79 Å². The lowest BCUT2D eigenvalue weighted by atomic mass is 10.0. The zero-order valence-electron chi connectivity index (χ0n) is 11.6. The largest absolute Gasteiger partial charge is 0.507 e. The van der Waals surface area contributed by atoms with Crippen LogP contribution in [-0.2, 0) is 0 Å². The van der Waals surface area contributed by atoms with Gasteiger partial charge in [0.05, 0.1) is 0 Å². The molecule has 1 rings (SSSR count). The number of ether oxygens (including phenoxy) is 1. The second-order valence-corrected chi connectivity index (χ2v) is 4.60. The molecule has 0 aliphatic carbocycles. The summed E-state index contributed by atoms with van der Waals surface area (Å²) in [5.41, 5.74) is 1.08. The highest BCUT2D eigenvalue weighted by molar-refractivity contribution is 6.01. The van der Waals surface area contributed by atoms with Crippen LogP contribution in [0.1, 0.15) is 44.0 Å². The third kappa shape index (κ3) is 4.32. The van der Waals surface area contributed by atoms with Gasteiger partial charge in [0.25, 0.3) is 0 Å². The van der Waals surface area contributed by atoms with Gasteiger partial charge >= 0.3 is 0 Å². The first-order chi connectivity index (χ1) is 8.95. The van der Waals surface area contributed by atoms with E-state index in [2.05, 4.69) is 0 Å². The molecule has 0 fully saturated rings. The minimum atomic E-state index is -0.270. The Kier molecular flexibility index (Phi) is 5.42. The number of allylic oxidation sites excluding steroid dienone is 1. The van der Waals surface area contributed by atoms with Gasteiger partial charge in [0.1, 0.15) is 29.4 Å². The van der Waals surface area contributed by atoms with Gasteiger partial charge in [-0.2, -0.15) is 0 Å². The van der Waals surface area contributed by atoms with Crippen molar-refractivity contribution in [3.05, 3.63) is 29.3 Å². The Morgan fingerprint density at radius 2 is 1.84 bits per heavy atom. The number of hydrogen-bond acceptors (Lipinski definition) is 4. The van der Waals surface area contributed by atoms with Gasteiger partial charge in [-0.15, -0.1) is 0 Å². The van der Waals surface area contributed by atoms with Gasteiger partial charge < -0.3 is 14.9 Å². The van der Waals surface area contributed by atoms with Crippen LogP contribution >= 0.6 is 0 Å². The van der Waals surface area contributed by atoms with Gasteiger partial charge in [0, 0.05) is 18.6 Å². The average molecular weight is 264 g/mol. The van der Waals surface area contributed by atoms with E-state index in [0.717, 1.165) is 5.57 Å². The first-order valence-corrected chi connectivity index (χ1v) is 6.31. The second-order valence-electron chi connectivity index (χ2n) is 4.60. The van der Waals surface area contributed by atoms with E-state index in [4.69, 9.17) is 4.74 Å². The molecule has 0 spiro atoms. The van der Waals surface area contributed by atoms with Crippen molar-refractivity contribution in [2.24, 2.45) is 0 Å². The smallest absolute Gasteiger partial charge is 0.170 e. The summed E-state index contributed by atoms with van der Waals surface area (Å²) in [6.07, 6.45) is 2.83. The van der Waals surface area contributed by atoms with Crippen LogP contribution < -0.4 is 4.74 Å². The van der Waals surface area contributed by atoms with E-state index in [9.17, 15) is 15.0 Å². The van der Waals surface area contributed by atoms with Crippen LogP contribution in [0.15, 0.2) is 23.8 Å². The average Bonchev–Trinajstić information content (AvgIpc) is 2.27. The van der Waals surface area contributed by atoms with Crippen LogP contribution in [-0.4, -0.2) is 22.6 Å². The van der Waals surface area contributed by atoms with Gasteiger partial charge in [-0.05, 0) is 26.3 Å². The Balaban J connectivity index is 2.90. The number of Topliss-reactive ketones (excluding diaryl/α,β-unsaturated/α-hetero) is 1. The van der Waals surface area contributed by atoms with Crippen LogP contribution in [0.3, 0.4) is 0 Å². The Morgan fingerprint density at radius 1 is 1.26 bits per heavy atom. The van der Waals surface area contributed by atoms with Crippen molar-refractivity contribution in [3.63, 3.8) is 0 Å². The standard InChI is InChI=1S/C15H20O4/c1-4-5-12(16)15-13(17)8-11(9-14(15)18)19-7-6-10(2)3/h6,8-9,17-18H,4-5,7H2,1-3H3. The molecular formula is C15H20O4. The van der Waals surface area contributed by atoms with Crippen molar-refractivity contribution in [2.45, 2.75) is 33.6 Å². The van der Waals surface area contributed by atoms with Crippen molar-refractivity contribution < 1.29 is 19.7 Å². The van der Waals surface area contributed by atoms with E-state index < -0.39 is 0 Å². The number of hydrogen-bond donors (Lipinski definition) is 2. The summed E-state index contributed by atoms with van der Waals surface area (Å²) in [6.45, 7) is 6.11. The maximum atomic E-state index is 11.7. The predicted molar refractivity (Wildman–Crippen MR) is 73.9 cm³/mol. The topological polar surface area (TPSA) is 66.8 Å². The number of carbonyl (C=O) groups is 1. The Hall–Kier alpha value is -1.97. The molecule has 0 atom stereocenters. The highest BCUT2D eigenvalue weighted by atomic mass is 16.5. The zero-order chi connectivity index (χ0) is 14.4. The highest BCUT2D eigenvalue weighted by Gasteiger charge is 2.17. The normalized spacial score (nSPS) is 10.1. The first-order valence-electron chi connectivity index (χ1n) is 6.31. The summed E-state index contributed by atoms with van der Waals surface area (Å²) < 4.78 is 5.37. The molecule has 19 heavy (non-hydrogen) atoms. The van der Waals surface area contributed by atoms with Crippen molar-refractivity contribution in [3.8, 4) is 17.2 Å². The highest BCUT2D eigenvalue weighted by Crippen LogP contribution is 2.33. The van der Waals surface area contributed by atoms with E-state index in [1.807, 2.05) is 26.8 Å². The monoisotopic (exact) mass is 264 g/mol. The molecule has 0 amide bonds. The third-order valence-corrected chi connectivity index (χ3v) is 2.57. The van der Waals surface area contributed by atoms with Gasteiger partial charge in [-0.25, -0.2) is 0 Å². The molecule has 0 radical (unpaired) electrons. The fourth-order valence-electron chi connectivity index (χ4n) is 1.61. The minimum Gasteiger partial charge on any atom is -0.507 e. The van der Waals surface area contributed by atoms with E-state index in [1.165, 1.54) is 12.1 Å². The van der Waals surface area contributed by atoms with Crippen LogP contribution in [0.25, 0.3) is 0 Å². The number of rotatable bonds is 6. The summed E-state index contributed by atoms with van der Waals surface area (Å²) in [5, 5.41) is 19.6. The second kappa shape index (κ2) is 6.83. The molecule has 0 heterocycles. The molecule has 0 saturated carbocycles. The predicted octanol–water partition coefficient (Wildman–Crippen LogP) is 3.43. The summed E-state index contributed by atoms with van der Waals surface area (Å²) in [6, 6.07) is 2.70. The molecule has 1 aromatic rings. The number of ketones is 1. The molecule has 1 aromatic carbocycles. The van der Waals surface area contributed by atoms with Crippen molar-refractivity contribution in [2.75, 3.05) is 6.61 Å². The van der Waals surface area contributed by atoms with Crippen LogP contribution in [0, 0.1) is 0 Å². The number of phenols is 2. The van der Waals surface area contributed by atoms with Crippen LogP contribution in [0.5, 0.6) is 17.2 Å². The quantitative estimate of drug-likeness (QED) is 0.610. The van der Waals surface area contributed by atoms with E-state index in [-0.39, 0.29) is 22.8 Å². The van der Waals surface area contributed by atoms with E-state index in [1.54, 1.807) is 0 Å². The molecule has 0 aliphatic rings. The van der Waals surface area contributed by atoms with E-state index >= 15 is 0 Å². The number of phenolic OH excluding ortho intramolecular Hbond substituents is 2. The summed E-state index contributed by atoms with van der Waals surface area (Å²) in [7, 11) is 0. The van der Waals surface area contributed by atoms with Crippen LogP contribution in [0.2, 0.25) is 0 Å². The lowest BCUT2D eigenvalue weighted by Crippen LogP contribution is -2.01. The lowest BCUT2D eigenvalue weighted by molar-refractivity contribution is 0.0976. The van der Waals surface area contributed by atoms with Gasteiger partial charge in [-0.1, -0.05) is 12.5 Å². The molecule has 104 valence electrons. The Bertz CT molecular complexity index is 462. The summed E-state index contributed by atoms with van der Waals surface area (Å²) in [4.78, 5) is 11.7. The SMILES string of the molecule is CCCC(=O)c1c(O)cc(OCC=C(C)C)cc1O. The maximum absolute atomic E-state index is 11.7. The molecule has 0 saturated heterocycles. The van der Waals surface area contributed by atoms with E-state index in [0.29, 0.717) is 25.2 Å². The molecule has 2 N–H and O–H groups in total. The fraction of sp³-hybridized carbons (Fsp3) is 0.400. The number of benzene rings is 1.